The second-order valence-corrected chi connectivity index (χ2v) is 12.9. The number of hydrogen-bond acceptors (Lipinski definition) is 9. The number of amides is 1. The van der Waals surface area contributed by atoms with Gasteiger partial charge in [0.2, 0.25) is 5.88 Å². The third-order valence-corrected chi connectivity index (χ3v) is 8.36. The van der Waals surface area contributed by atoms with Crippen molar-refractivity contribution in [1.82, 2.24) is 19.9 Å². The van der Waals surface area contributed by atoms with Crippen molar-refractivity contribution in [2.24, 2.45) is 0 Å². The molecule has 44 heavy (non-hydrogen) atoms. The number of nitrogens with zero attached hydrogens (tertiary/aromatic N) is 5. The fourth-order valence-corrected chi connectivity index (χ4v) is 5.97. The van der Waals surface area contributed by atoms with Crippen LogP contribution in [0.1, 0.15) is 26.3 Å². The zero-order valence-corrected chi connectivity index (χ0v) is 25.7. The van der Waals surface area contributed by atoms with E-state index in [1.165, 1.54) is 38.7 Å². The minimum absolute atomic E-state index is 0.0382. The minimum atomic E-state index is -4.45. The molecule has 1 N–H and O–H groups in total. The number of benzene rings is 2. The van der Waals surface area contributed by atoms with Crippen LogP contribution in [-0.4, -0.2) is 73.3 Å². The predicted molar refractivity (Wildman–Crippen MR) is 161 cm³/mol. The maximum absolute atomic E-state index is 14.5. The van der Waals surface area contributed by atoms with Crippen LogP contribution in [0, 0.1) is 18.6 Å². The van der Waals surface area contributed by atoms with Crippen molar-refractivity contribution in [3.05, 3.63) is 66.1 Å². The largest absolute Gasteiger partial charge is 0.480 e. The number of sulfonamides is 1. The molecule has 0 bridgehead atoms. The molecule has 0 aliphatic carbocycles. The fraction of sp³-hybridized carbons (Fsp3) is 0.333. The molecule has 0 unspecified atom stereocenters. The molecule has 1 amide bonds. The van der Waals surface area contributed by atoms with E-state index in [-0.39, 0.29) is 22.4 Å². The first kappa shape index (κ1) is 30.9. The van der Waals surface area contributed by atoms with Crippen LogP contribution in [0.2, 0.25) is 0 Å². The van der Waals surface area contributed by atoms with Crippen LogP contribution in [0.4, 0.5) is 25.1 Å². The van der Waals surface area contributed by atoms with Gasteiger partial charge < -0.3 is 19.3 Å². The molecule has 2 aromatic heterocycles. The Labute approximate surface area is 253 Å². The molecule has 1 aliphatic rings. The summed E-state index contributed by atoms with van der Waals surface area (Å²) in [7, 11) is -3.19. The SMILES string of the molecule is COc1ncc(-c2ccc3ncnc(N4CCN(C(=O)OC(C)(C)C)CC4)c3c2)cc1S(=O)(=O)Nc1ccc(C)c(F)c1F. The first-order chi connectivity index (χ1) is 20.8. The van der Waals surface area contributed by atoms with Crippen LogP contribution in [0.25, 0.3) is 22.0 Å². The Morgan fingerprint density at radius 1 is 0.955 bits per heavy atom. The van der Waals surface area contributed by atoms with Crippen molar-refractivity contribution in [1.29, 1.82) is 0 Å². The van der Waals surface area contributed by atoms with Crippen molar-refractivity contribution in [2.75, 3.05) is 42.9 Å². The molecule has 0 radical (unpaired) electrons. The lowest BCUT2D eigenvalue weighted by molar-refractivity contribution is 0.0240. The van der Waals surface area contributed by atoms with E-state index in [2.05, 4.69) is 24.6 Å². The van der Waals surface area contributed by atoms with Gasteiger partial charge in [-0.1, -0.05) is 12.1 Å². The van der Waals surface area contributed by atoms with E-state index < -0.39 is 32.9 Å². The number of ether oxygens (including phenoxy) is 2. The molecule has 11 nitrogen and oxygen atoms in total. The summed E-state index contributed by atoms with van der Waals surface area (Å²) in [6.45, 7) is 8.77. The van der Waals surface area contributed by atoms with Gasteiger partial charge in [0.25, 0.3) is 10.0 Å². The van der Waals surface area contributed by atoms with Crippen molar-refractivity contribution in [3.8, 4) is 17.0 Å². The molecule has 1 fully saturated rings. The predicted octanol–water partition coefficient (Wildman–Crippen LogP) is 5.14. The number of carbonyl (C=O) groups is 1. The number of hydrogen-bond donors (Lipinski definition) is 1. The van der Waals surface area contributed by atoms with Gasteiger partial charge in [0.1, 0.15) is 22.6 Å². The second kappa shape index (κ2) is 11.8. The van der Waals surface area contributed by atoms with E-state index in [4.69, 9.17) is 9.47 Å². The third-order valence-electron chi connectivity index (χ3n) is 7.00. The van der Waals surface area contributed by atoms with Gasteiger partial charge in [-0.2, -0.15) is 0 Å². The molecule has 1 saturated heterocycles. The van der Waals surface area contributed by atoms with E-state index in [1.807, 2.05) is 26.8 Å². The summed E-state index contributed by atoms with van der Waals surface area (Å²) in [4.78, 5) is 28.9. The topological polar surface area (TPSA) is 127 Å². The summed E-state index contributed by atoms with van der Waals surface area (Å²) < 4.78 is 68.1. The van der Waals surface area contributed by atoms with Gasteiger partial charge >= 0.3 is 6.09 Å². The smallest absolute Gasteiger partial charge is 0.410 e. The van der Waals surface area contributed by atoms with E-state index in [1.54, 1.807) is 17.0 Å². The van der Waals surface area contributed by atoms with Gasteiger partial charge in [-0.15, -0.1) is 0 Å². The van der Waals surface area contributed by atoms with Crippen LogP contribution < -0.4 is 14.4 Å². The summed E-state index contributed by atoms with van der Waals surface area (Å²) in [6.07, 6.45) is 2.55. The van der Waals surface area contributed by atoms with Gasteiger partial charge in [0.15, 0.2) is 11.6 Å². The van der Waals surface area contributed by atoms with Gasteiger partial charge in [-0.05, 0) is 63.1 Å². The summed E-state index contributed by atoms with van der Waals surface area (Å²) in [5.74, 6) is -2.02. The molecule has 0 atom stereocenters. The number of rotatable bonds is 6. The number of aryl methyl sites for hydroxylation is 1. The number of carbonyl (C=O) groups excluding carboxylic acids is 1. The standard InChI is InChI=1S/C30H32F2N6O5S/c1-18-6-8-23(26(32)25(18)31)36-44(40,41)24-15-20(16-33-28(24)42-5)19-7-9-22-21(14-19)27(35-17-34-22)37-10-12-38(13-11-37)29(39)43-30(2,3)4/h6-9,14-17,36H,10-13H2,1-5H3. The number of halogens is 2. The lowest BCUT2D eigenvalue weighted by Gasteiger charge is -2.36. The third kappa shape index (κ3) is 6.34. The zero-order valence-electron chi connectivity index (χ0n) is 24.9. The summed E-state index contributed by atoms with van der Waals surface area (Å²) >= 11 is 0. The van der Waals surface area contributed by atoms with E-state index in [0.717, 1.165) is 6.07 Å². The summed E-state index contributed by atoms with van der Waals surface area (Å²) in [6, 6.07) is 9.14. The van der Waals surface area contributed by atoms with Crippen LogP contribution >= 0.6 is 0 Å². The number of piperazine rings is 1. The van der Waals surface area contributed by atoms with Crippen LogP contribution in [0.3, 0.4) is 0 Å². The number of methoxy groups -OCH3 is 1. The Balaban J connectivity index is 1.45. The maximum Gasteiger partial charge on any atom is 0.410 e. The van der Waals surface area contributed by atoms with Crippen molar-refractivity contribution in [3.63, 3.8) is 0 Å². The molecule has 5 rings (SSSR count). The molecule has 0 saturated carbocycles. The number of aromatic nitrogens is 3. The number of nitrogens with one attached hydrogen (secondary N) is 1. The van der Waals surface area contributed by atoms with Crippen molar-refractivity contribution in [2.45, 2.75) is 38.2 Å². The van der Waals surface area contributed by atoms with E-state index in [9.17, 15) is 22.0 Å². The number of anilines is 2. The molecular weight excluding hydrogens is 594 g/mol. The molecule has 4 aromatic rings. The first-order valence-corrected chi connectivity index (χ1v) is 15.2. The fourth-order valence-electron chi connectivity index (χ4n) is 4.76. The van der Waals surface area contributed by atoms with Crippen LogP contribution in [-0.2, 0) is 14.8 Å². The van der Waals surface area contributed by atoms with Gasteiger partial charge in [-0.3, -0.25) is 4.72 Å². The second-order valence-electron chi connectivity index (χ2n) is 11.3. The Morgan fingerprint density at radius 2 is 1.68 bits per heavy atom. The average Bonchev–Trinajstić information content (AvgIpc) is 2.99. The average molecular weight is 627 g/mol. The first-order valence-electron chi connectivity index (χ1n) is 13.8. The lowest BCUT2D eigenvalue weighted by atomic mass is 10.0. The van der Waals surface area contributed by atoms with Gasteiger partial charge in [0.05, 0.1) is 18.3 Å². The van der Waals surface area contributed by atoms with Gasteiger partial charge in [-0.25, -0.2) is 36.9 Å². The summed E-state index contributed by atoms with van der Waals surface area (Å²) in [5.41, 5.74) is 0.610. The molecular formula is C30H32F2N6O5S. The minimum Gasteiger partial charge on any atom is -0.480 e. The Morgan fingerprint density at radius 3 is 2.36 bits per heavy atom. The normalized spacial score (nSPS) is 14.1. The van der Waals surface area contributed by atoms with Crippen molar-refractivity contribution >= 4 is 38.5 Å². The van der Waals surface area contributed by atoms with E-state index >= 15 is 0 Å². The summed E-state index contributed by atoms with van der Waals surface area (Å²) in [5, 5.41) is 0.714. The van der Waals surface area contributed by atoms with Crippen LogP contribution in [0.15, 0.2) is 53.8 Å². The highest BCUT2D eigenvalue weighted by Crippen LogP contribution is 2.33. The quantitative estimate of drug-likeness (QED) is 0.309. The Bertz CT molecular complexity index is 1840. The molecule has 1 aliphatic heterocycles. The number of pyridine rings is 1. The molecule has 2 aromatic carbocycles. The monoisotopic (exact) mass is 626 g/mol. The Kier molecular flexibility index (Phi) is 8.30. The highest BCUT2D eigenvalue weighted by atomic mass is 32.2. The molecule has 3 heterocycles. The molecule has 14 heteroatoms. The van der Waals surface area contributed by atoms with Crippen molar-refractivity contribution < 1.29 is 31.5 Å². The van der Waals surface area contributed by atoms with E-state index in [0.29, 0.717) is 54.0 Å². The highest BCUT2D eigenvalue weighted by molar-refractivity contribution is 7.92. The van der Waals surface area contributed by atoms with Gasteiger partial charge in [0, 0.05) is 43.3 Å². The zero-order chi connectivity index (χ0) is 31.8. The highest BCUT2D eigenvalue weighted by Gasteiger charge is 2.28. The number of fused-ring (bicyclic) bond motifs is 1. The molecule has 0 spiro atoms. The lowest BCUT2D eigenvalue weighted by Crippen LogP contribution is -2.50. The molecule has 232 valence electrons. The van der Waals surface area contributed by atoms with Crippen LogP contribution in [0.5, 0.6) is 5.88 Å². The Hall–Kier alpha value is -4.59. The maximum atomic E-state index is 14.5.